The Hall–Kier alpha value is -3.45. The van der Waals surface area contributed by atoms with Crippen molar-refractivity contribution in [2.45, 2.75) is 5.37 Å². The Balaban J connectivity index is 1.69. The first-order valence-electron chi connectivity index (χ1n) is 9.74. The van der Waals surface area contributed by atoms with Crippen molar-refractivity contribution in [2.24, 2.45) is 0 Å². The lowest BCUT2D eigenvalue weighted by molar-refractivity contribution is -0.115. The number of hydrogen-bond acceptors (Lipinski definition) is 5. The number of carbonyl (C=O) groups is 2. The highest BCUT2D eigenvalue weighted by molar-refractivity contribution is 8.00. The predicted molar refractivity (Wildman–Crippen MR) is 123 cm³/mol. The molecule has 1 fully saturated rings. The Morgan fingerprint density at radius 2 is 1.58 bits per heavy atom. The summed E-state index contributed by atoms with van der Waals surface area (Å²) < 4.78 is 10.8. The third-order valence-electron chi connectivity index (χ3n) is 5.04. The molecule has 3 aromatic carbocycles. The van der Waals surface area contributed by atoms with Gasteiger partial charge in [0.2, 0.25) is 5.91 Å². The summed E-state index contributed by atoms with van der Waals surface area (Å²) in [6, 6.07) is 22.0. The Kier molecular flexibility index (Phi) is 6.13. The normalized spacial score (nSPS) is 15.6. The monoisotopic (exact) mass is 434 g/mol. The molecule has 1 saturated heterocycles. The van der Waals surface area contributed by atoms with Crippen LogP contribution in [-0.2, 0) is 4.79 Å². The van der Waals surface area contributed by atoms with Crippen molar-refractivity contribution < 1.29 is 19.1 Å². The summed E-state index contributed by atoms with van der Waals surface area (Å²) in [5.74, 6) is 1.18. The SMILES string of the molecule is COc1ccccc1C(=O)Nc1ccccc1[C@H]1SCC(=O)N1c1ccccc1OC. The highest BCUT2D eigenvalue weighted by atomic mass is 32.2. The van der Waals surface area contributed by atoms with E-state index >= 15 is 0 Å². The van der Waals surface area contributed by atoms with Crippen LogP contribution in [0.3, 0.4) is 0 Å². The molecule has 158 valence electrons. The van der Waals surface area contributed by atoms with Gasteiger partial charge in [0, 0.05) is 11.3 Å². The van der Waals surface area contributed by atoms with Crippen LogP contribution in [0.25, 0.3) is 0 Å². The zero-order chi connectivity index (χ0) is 21.8. The van der Waals surface area contributed by atoms with E-state index in [1.165, 1.54) is 18.9 Å². The molecule has 4 rings (SSSR count). The fourth-order valence-corrected chi connectivity index (χ4v) is 4.80. The van der Waals surface area contributed by atoms with Crippen LogP contribution in [0.1, 0.15) is 21.3 Å². The lowest BCUT2D eigenvalue weighted by Gasteiger charge is -2.27. The van der Waals surface area contributed by atoms with Gasteiger partial charge in [-0.15, -0.1) is 11.8 Å². The van der Waals surface area contributed by atoms with E-state index < -0.39 is 0 Å². The molecule has 0 aromatic heterocycles. The zero-order valence-electron chi connectivity index (χ0n) is 17.2. The number of methoxy groups -OCH3 is 2. The molecule has 1 aliphatic rings. The van der Waals surface area contributed by atoms with Crippen molar-refractivity contribution in [1.29, 1.82) is 0 Å². The van der Waals surface area contributed by atoms with Crippen molar-refractivity contribution in [3.05, 3.63) is 83.9 Å². The van der Waals surface area contributed by atoms with Crippen LogP contribution in [0.4, 0.5) is 11.4 Å². The molecule has 0 bridgehead atoms. The molecule has 2 amide bonds. The maximum Gasteiger partial charge on any atom is 0.259 e. The van der Waals surface area contributed by atoms with Gasteiger partial charge in [-0.1, -0.05) is 42.5 Å². The molecule has 0 unspecified atom stereocenters. The lowest BCUT2D eigenvalue weighted by Crippen LogP contribution is -2.29. The van der Waals surface area contributed by atoms with Crippen LogP contribution < -0.4 is 19.7 Å². The predicted octanol–water partition coefficient (Wildman–Crippen LogP) is 4.73. The average molecular weight is 435 g/mol. The van der Waals surface area contributed by atoms with E-state index in [4.69, 9.17) is 9.47 Å². The maximum atomic E-state index is 13.0. The molecular formula is C24H22N2O4S. The van der Waals surface area contributed by atoms with E-state index in [0.29, 0.717) is 34.2 Å². The van der Waals surface area contributed by atoms with Crippen molar-refractivity contribution >= 4 is 35.0 Å². The van der Waals surface area contributed by atoms with Crippen LogP contribution in [0, 0.1) is 0 Å². The van der Waals surface area contributed by atoms with Crippen LogP contribution in [0.15, 0.2) is 72.8 Å². The van der Waals surface area contributed by atoms with E-state index in [1.54, 1.807) is 30.2 Å². The first-order chi connectivity index (χ1) is 15.1. The molecule has 1 atom stereocenters. The quantitative estimate of drug-likeness (QED) is 0.607. The molecular weight excluding hydrogens is 412 g/mol. The third kappa shape index (κ3) is 4.09. The molecule has 31 heavy (non-hydrogen) atoms. The second-order valence-electron chi connectivity index (χ2n) is 6.84. The molecule has 1 heterocycles. The largest absolute Gasteiger partial charge is 0.496 e. The minimum absolute atomic E-state index is 0.00893. The Morgan fingerprint density at radius 3 is 2.35 bits per heavy atom. The summed E-state index contributed by atoms with van der Waals surface area (Å²) in [5.41, 5.74) is 2.63. The summed E-state index contributed by atoms with van der Waals surface area (Å²) in [4.78, 5) is 27.5. The van der Waals surface area contributed by atoms with Crippen LogP contribution in [0.5, 0.6) is 11.5 Å². The molecule has 3 aromatic rings. The molecule has 6 nitrogen and oxygen atoms in total. The van der Waals surface area contributed by atoms with Gasteiger partial charge in [-0.05, 0) is 30.3 Å². The number of benzene rings is 3. The molecule has 7 heteroatoms. The van der Waals surface area contributed by atoms with Gasteiger partial charge >= 0.3 is 0 Å². The van der Waals surface area contributed by atoms with E-state index in [-0.39, 0.29) is 17.2 Å². The minimum atomic E-state index is -0.294. The number of carbonyl (C=O) groups excluding carboxylic acids is 2. The van der Waals surface area contributed by atoms with Crippen molar-refractivity contribution in [3.8, 4) is 11.5 Å². The summed E-state index contributed by atoms with van der Waals surface area (Å²) >= 11 is 1.52. The van der Waals surface area contributed by atoms with Gasteiger partial charge < -0.3 is 14.8 Å². The number of thioether (sulfide) groups is 1. The summed E-state index contributed by atoms with van der Waals surface area (Å²) in [5, 5.41) is 2.70. The number of nitrogens with zero attached hydrogens (tertiary/aromatic N) is 1. The highest BCUT2D eigenvalue weighted by Crippen LogP contribution is 2.46. The maximum absolute atomic E-state index is 13.0. The Morgan fingerprint density at radius 1 is 0.935 bits per heavy atom. The van der Waals surface area contributed by atoms with Gasteiger partial charge in [0.1, 0.15) is 16.9 Å². The van der Waals surface area contributed by atoms with Gasteiger partial charge in [0.25, 0.3) is 5.91 Å². The van der Waals surface area contributed by atoms with Crippen LogP contribution in [-0.4, -0.2) is 31.8 Å². The number of anilines is 2. The van der Waals surface area contributed by atoms with E-state index in [1.807, 2.05) is 54.6 Å². The van der Waals surface area contributed by atoms with Crippen molar-refractivity contribution in [1.82, 2.24) is 0 Å². The van der Waals surface area contributed by atoms with Gasteiger partial charge in [-0.3, -0.25) is 14.5 Å². The summed E-state index contributed by atoms with van der Waals surface area (Å²) in [6.07, 6.45) is 0. The topological polar surface area (TPSA) is 67.9 Å². The van der Waals surface area contributed by atoms with Crippen molar-refractivity contribution in [2.75, 3.05) is 30.2 Å². The molecule has 0 saturated carbocycles. The highest BCUT2D eigenvalue weighted by Gasteiger charge is 2.36. The molecule has 0 spiro atoms. The fraction of sp³-hybridized carbons (Fsp3) is 0.167. The first kappa shape index (κ1) is 20.8. The smallest absolute Gasteiger partial charge is 0.259 e. The lowest BCUT2D eigenvalue weighted by atomic mass is 10.1. The van der Waals surface area contributed by atoms with Gasteiger partial charge in [0.15, 0.2) is 0 Å². The van der Waals surface area contributed by atoms with Gasteiger partial charge in [-0.2, -0.15) is 0 Å². The number of nitrogens with one attached hydrogen (secondary N) is 1. The molecule has 1 aliphatic heterocycles. The number of amides is 2. The zero-order valence-corrected chi connectivity index (χ0v) is 18.0. The Labute approximate surface area is 185 Å². The molecule has 0 radical (unpaired) electrons. The number of rotatable bonds is 6. The van der Waals surface area contributed by atoms with Crippen molar-refractivity contribution in [3.63, 3.8) is 0 Å². The van der Waals surface area contributed by atoms with Gasteiger partial charge in [0.05, 0.1) is 31.2 Å². The van der Waals surface area contributed by atoms with E-state index in [9.17, 15) is 9.59 Å². The Bertz CT molecular complexity index is 1120. The standard InChI is InChI=1S/C24H22N2O4S/c1-29-20-13-7-4-10-17(20)23(28)25-18-11-5-3-9-16(18)24-26(22(27)15-31-24)19-12-6-8-14-21(19)30-2/h3-14,24H,15H2,1-2H3,(H,25,28)/t24-/m1/s1. The summed E-state index contributed by atoms with van der Waals surface area (Å²) in [6.45, 7) is 0. The molecule has 0 aliphatic carbocycles. The van der Waals surface area contributed by atoms with E-state index in [2.05, 4.69) is 5.32 Å². The third-order valence-corrected chi connectivity index (χ3v) is 6.23. The fourth-order valence-electron chi connectivity index (χ4n) is 3.59. The first-order valence-corrected chi connectivity index (χ1v) is 10.8. The minimum Gasteiger partial charge on any atom is -0.496 e. The number of para-hydroxylation sites is 4. The number of ether oxygens (including phenoxy) is 2. The second-order valence-corrected chi connectivity index (χ2v) is 7.91. The van der Waals surface area contributed by atoms with Gasteiger partial charge in [-0.25, -0.2) is 0 Å². The number of hydrogen-bond donors (Lipinski definition) is 1. The van der Waals surface area contributed by atoms with Crippen LogP contribution in [0.2, 0.25) is 0 Å². The average Bonchev–Trinajstić information content (AvgIpc) is 3.20. The summed E-state index contributed by atoms with van der Waals surface area (Å²) in [7, 11) is 3.12. The second kappa shape index (κ2) is 9.14. The van der Waals surface area contributed by atoms with Crippen LogP contribution >= 0.6 is 11.8 Å². The van der Waals surface area contributed by atoms with E-state index in [0.717, 1.165) is 5.56 Å². The molecule has 1 N–H and O–H groups in total.